The molecule has 0 saturated carbocycles. The molecule has 0 spiro atoms. The lowest BCUT2D eigenvalue weighted by molar-refractivity contribution is -0.123. The summed E-state index contributed by atoms with van der Waals surface area (Å²) in [6, 6.07) is 9.33. The van der Waals surface area contributed by atoms with Crippen molar-refractivity contribution in [3.8, 4) is 5.75 Å². The summed E-state index contributed by atoms with van der Waals surface area (Å²) in [5.41, 5.74) is -0.128. The minimum absolute atomic E-state index is 0.0348. The van der Waals surface area contributed by atoms with E-state index in [1.165, 1.54) is 0 Å². The summed E-state index contributed by atoms with van der Waals surface area (Å²) in [6.45, 7) is 2.18. The molecule has 20 heavy (non-hydrogen) atoms. The molecule has 110 valence electrons. The first kappa shape index (κ1) is 14.8. The molecule has 1 aliphatic rings. The third-order valence-corrected chi connectivity index (χ3v) is 3.49. The minimum atomic E-state index is -0.128. The van der Waals surface area contributed by atoms with E-state index in [2.05, 4.69) is 10.6 Å². The first-order valence-electron chi connectivity index (χ1n) is 6.93. The van der Waals surface area contributed by atoms with Crippen molar-refractivity contribution in [2.45, 2.75) is 18.4 Å². The number of methoxy groups -OCH3 is 1. The normalized spacial score (nSPS) is 21.6. The number of rotatable bonds is 7. The summed E-state index contributed by atoms with van der Waals surface area (Å²) in [5, 5.41) is 6.33. The van der Waals surface area contributed by atoms with Gasteiger partial charge in [0.05, 0.1) is 12.1 Å². The van der Waals surface area contributed by atoms with E-state index in [0.29, 0.717) is 18.9 Å². The van der Waals surface area contributed by atoms with Crippen LogP contribution in [-0.4, -0.2) is 44.9 Å². The Balaban J connectivity index is 1.74. The fourth-order valence-corrected chi connectivity index (χ4v) is 2.45. The van der Waals surface area contributed by atoms with Gasteiger partial charge >= 0.3 is 0 Å². The summed E-state index contributed by atoms with van der Waals surface area (Å²) in [6.07, 6.45) is 2.13. The molecule has 5 nitrogen and oxygen atoms in total. The molecule has 0 aromatic heterocycles. The van der Waals surface area contributed by atoms with E-state index in [0.717, 1.165) is 19.4 Å². The van der Waals surface area contributed by atoms with E-state index in [-0.39, 0.29) is 18.1 Å². The highest BCUT2D eigenvalue weighted by molar-refractivity contribution is 5.77. The minimum Gasteiger partial charge on any atom is -0.484 e. The average Bonchev–Trinajstić information content (AvgIpc) is 2.93. The van der Waals surface area contributed by atoms with Crippen molar-refractivity contribution in [3.63, 3.8) is 0 Å². The topological polar surface area (TPSA) is 59.6 Å². The zero-order chi connectivity index (χ0) is 14.3. The first-order chi connectivity index (χ1) is 9.74. The monoisotopic (exact) mass is 278 g/mol. The molecule has 1 heterocycles. The molecule has 1 amide bonds. The van der Waals surface area contributed by atoms with Gasteiger partial charge in [0.2, 0.25) is 0 Å². The van der Waals surface area contributed by atoms with Gasteiger partial charge < -0.3 is 20.1 Å². The van der Waals surface area contributed by atoms with Gasteiger partial charge in [0.15, 0.2) is 6.61 Å². The van der Waals surface area contributed by atoms with E-state index in [4.69, 9.17) is 9.47 Å². The van der Waals surface area contributed by atoms with Gasteiger partial charge in [0.25, 0.3) is 5.91 Å². The van der Waals surface area contributed by atoms with Gasteiger partial charge in [-0.3, -0.25) is 4.79 Å². The second kappa shape index (κ2) is 7.26. The SMILES string of the molecule is COCC1(CNC(=O)COc2ccccc2)CCCN1. The van der Waals surface area contributed by atoms with E-state index in [1.807, 2.05) is 30.3 Å². The average molecular weight is 278 g/mol. The maximum absolute atomic E-state index is 11.8. The van der Waals surface area contributed by atoms with Crippen molar-refractivity contribution in [3.05, 3.63) is 30.3 Å². The Hall–Kier alpha value is -1.59. The van der Waals surface area contributed by atoms with Gasteiger partial charge in [0.1, 0.15) is 5.75 Å². The first-order valence-corrected chi connectivity index (χ1v) is 6.93. The quantitative estimate of drug-likeness (QED) is 0.779. The van der Waals surface area contributed by atoms with Gasteiger partial charge in [-0.05, 0) is 31.5 Å². The lowest BCUT2D eigenvalue weighted by Crippen LogP contribution is -2.53. The Kier molecular flexibility index (Phi) is 5.38. The molecular formula is C15H22N2O3. The fraction of sp³-hybridized carbons (Fsp3) is 0.533. The molecule has 1 atom stereocenters. The predicted molar refractivity (Wildman–Crippen MR) is 76.8 cm³/mol. The highest BCUT2D eigenvalue weighted by atomic mass is 16.5. The van der Waals surface area contributed by atoms with Crippen molar-refractivity contribution >= 4 is 5.91 Å². The molecule has 0 aliphatic carbocycles. The van der Waals surface area contributed by atoms with Crippen LogP contribution in [0.25, 0.3) is 0 Å². The van der Waals surface area contributed by atoms with Crippen LogP contribution in [0, 0.1) is 0 Å². The van der Waals surface area contributed by atoms with Crippen LogP contribution < -0.4 is 15.4 Å². The number of hydrogen-bond donors (Lipinski definition) is 2. The summed E-state index contributed by atoms with van der Waals surface area (Å²) in [4.78, 5) is 11.8. The van der Waals surface area contributed by atoms with Crippen LogP contribution in [0.2, 0.25) is 0 Å². The van der Waals surface area contributed by atoms with Crippen molar-refractivity contribution < 1.29 is 14.3 Å². The molecule has 2 rings (SSSR count). The standard InChI is InChI=1S/C15H22N2O3/c1-19-12-15(8-5-9-17-15)11-16-14(18)10-20-13-6-3-2-4-7-13/h2-4,6-7,17H,5,8-12H2,1H3,(H,16,18). The largest absolute Gasteiger partial charge is 0.484 e. The fourth-order valence-electron chi connectivity index (χ4n) is 2.45. The number of hydrogen-bond acceptors (Lipinski definition) is 4. The molecule has 1 unspecified atom stereocenters. The maximum Gasteiger partial charge on any atom is 0.258 e. The molecule has 1 saturated heterocycles. The van der Waals surface area contributed by atoms with Gasteiger partial charge in [-0.15, -0.1) is 0 Å². The van der Waals surface area contributed by atoms with Crippen LogP contribution in [0.5, 0.6) is 5.75 Å². The van der Waals surface area contributed by atoms with E-state index in [9.17, 15) is 4.79 Å². The predicted octanol–water partition coefficient (Wildman–Crippen LogP) is 0.950. The second-order valence-corrected chi connectivity index (χ2v) is 5.12. The zero-order valence-corrected chi connectivity index (χ0v) is 11.9. The molecule has 1 aromatic rings. The summed E-state index contributed by atoms with van der Waals surface area (Å²) >= 11 is 0. The van der Waals surface area contributed by atoms with Gasteiger partial charge in [-0.25, -0.2) is 0 Å². The van der Waals surface area contributed by atoms with Crippen molar-refractivity contribution in [1.29, 1.82) is 0 Å². The zero-order valence-electron chi connectivity index (χ0n) is 11.9. The number of benzene rings is 1. The van der Waals surface area contributed by atoms with Crippen LogP contribution in [0.3, 0.4) is 0 Å². The summed E-state index contributed by atoms with van der Waals surface area (Å²) < 4.78 is 10.7. The number of para-hydroxylation sites is 1. The molecule has 0 bridgehead atoms. The van der Waals surface area contributed by atoms with Crippen LogP contribution in [0.15, 0.2) is 30.3 Å². The third-order valence-electron chi connectivity index (χ3n) is 3.49. The number of carbonyl (C=O) groups excluding carboxylic acids is 1. The van der Waals surface area contributed by atoms with E-state index < -0.39 is 0 Å². The Morgan fingerprint density at radius 3 is 2.85 bits per heavy atom. The Morgan fingerprint density at radius 1 is 1.40 bits per heavy atom. The van der Waals surface area contributed by atoms with Crippen LogP contribution in [0.4, 0.5) is 0 Å². The highest BCUT2D eigenvalue weighted by Gasteiger charge is 2.33. The number of nitrogens with one attached hydrogen (secondary N) is 2. The maximum atomic E-state index is 11.8. The van der Waals surface area contributed by atoms with Crippen LogP contribution >= 0.6 is 0 Å². The summed E-state index contributed by atoms with van der Waals surface area (Å²) in [5.74, 6) is 0.589. The second-order valence-electron chi connectivity index (χ2n) is 5.12. The lowest BCUT2D eigenvalue weighted by Gasteiger charge is -2.28. The molecule has 5 heteroatoms. The van der Waals surface area contributed by atoms with E-state index in [1.54, 1.807) is 7.11 Å². The summed E-state index contributed by atoms with van der Waals surface area (Å²) in [7, 11) is 1.68. The smallest absolute Gasteiger partial charge is 0.258 e. The molecule has 2 N–H and O–H groups in total. The molecule has 1 fully saturated rings. The Morgan fingerprint density at radius 2 is 2.20 bits per heavy atom. The number of ether oxygens (including phenoxy) is 2. The Bertz CT molecular complexity index is 416. The van der Waals surface area contributed by atoms with Crippen LogP contribution in [0.1, 0.15) is 12.8 Å². The van der Waals surface area contributed by atoms with Gasteiger partial charge in [-0.2, -0.15) is 0 Å². The molecule has 1 aliphatic heterocycles. The Labute approximate surface area is 119 Å². The number of carbonyl (C=O) groups is 1. The third kappa shape index (κ3) is 4.21. The molecule has 1 aromatic carbocycles. The van der Waals surface area contributed by atoms with E-state index >= 15 is 0 Å². The van der Waals surface area contributed by atoms with Crippen LogP contribution in [-0.2, 0) is 9.53 Å². The molecular weight excluding hydrogens is 256 g/mol. The van der Waals surface area contributed by atoms with Gasteiger partial charge in [-0.1, -0.05) is 18.2 Å². The highest BCUT2D eigenvalue weighted by Crippen LogP contribution is 2.18. The number of amides is 1. The van der Waals surface area contributed by atoms with Crippen molar-refractivity contribution in [2.75, 3.05) is 33.4 Å². The van der Waals surface area contributed by atoms with Crippen molar-refractivity contribution in [2.24, 2.45) is 0 Å². The van der Waals surface area contributed by atoms with Gasteiger partial charge in [0, 0.05) is 13.7 Å². The van der Waals surface area contributed by atoms with Crippen molar-refractivity contribution in [1.82, 2.24) is 10.6 Å². The lowest BCUT2D eigenvalue weighted by atomic mass is 9.99. The molecule has 0 radical (unpaired) electrons.